The molecule has 2 aliphatic rings. The summed E-state index contributed by atoms with van der Waals surface area (Å²) < 4.78 is 2.33. The Kier molecular flexibility index (Phi) is 2.62. The number of benzene rings is 1. The predicted octanol–water partition coefficient (Wildman–Crippen LogP) is 2.73. The van der Waals surface area contributed by atoms with Crippen molar-refractivity contribution in [3.63, 3.8) is 0 Å². The number of nitrogens with one attached hydrogen (secondary N) is 1. The fourth-order valence-corrected chi connectivity index (χ4v) is 3.61. The lowest BCUT2D eigenvalue weighted by molar-refractivity contribution is -0.122. The summed E-state index contributed by atoms with van der Waals surface area (Å²) in [4.78, 5) is 11.8. The summed E-state index contributed by atoms with van der Waals surface area (Å²) in [6.45, 7) is 0.802. The topological polar surface area (TPSA) is 34.0 Å². The van der Waals surface area contributed by atoms with Gasteiger partial charge in [0, 0.05) is 42.0 Å². The SMILES string of the molecule is Cn1c2c(c3ccccc31)C(CNC(=O)C1CC1)CC2. The third-order valence-electron chi connectivity index (χ3n) is 4.88. The van der Waals surface area contributed by atoms with Gasteiger partial charge >= 0.3 is 0 Å². The summed E-state index contributed by atoms with van der Waals surface area (Å²) in [6.07, 6.45) is 4.45. The molecule has 1 amide bonds. The van der Waals surface area contributed by atoms with Crippen LogP contribution in [-0.4, -0.2) is 17.0 Å². The molecule has 20 heavy (non-hydrogen) atoms. The zero-order chi connectivity index (χ0) is 13.7. The van der Waals surface area contributed by atoms with Crippen LogP contribution in [0.2, 0.25) is 0 Å². The Morgan fingerprint density at radius 3 is 2.90 bits per heavy atom. The van der Waals surface area contributed by atoms with Crippen molar-refractivity contribution in [3.05, 3.63) is 35.5 Å². The molecule has 1 atom stereocenters. The summed E-state index contributed by atoms with van der Waals surface area (Å²) in [6, 6.07) is 8.62. The average molecular weight is 268 g/mol. The zero-order valence-corrected chi connectivity index (χ0v) is 11.9. The smallest absolute Gasteiger partial charge is 0.223 e. The molecule has 3 heteroatoms. The fraction of sp³-hybridized carbons (Fsp3) is 0.471. The average Bonchev–Trinajstić information content (AvgIpc) is 3.18. The molecule has 1 fully saturated rings. The third kappa shape index (κ3) is 1.76. The van der Waals surface area contributed by atoms with Crippen LogP contribution in [0.25, 0.3) is 10.9 Å². The Bertz CT molecular complexity index is 682. The van der Waals surface area contributed by atoms with Gasteiger partial charge in [0.25, 0.3) is 0 Å². The maximum atomic E-state index is 11.8. The van der Waals surface area contributed by atoms with Crippen LogP contribution in [0, 0.1) is 5.92 Å². The first-order valence-electron chi connectivity index (χ1n) is 7.59. The van der Waals surface area contributed by atoms with Crippen molar-refractivity contribution >= 4 is 16.8 Å². The number of nitrogens with zero attached hydrogens (tertiary/aromatic N) is 1. The molecule has 4 rings (SSSR count). The fourth-order valence-electron chi connectivity index (χ4n) is 3.61. The lowest BCUT2D eigenvalue weighted by Gasteiger charge is -2.12. The predicted molar refractivity (Wildman–Crippen MR) is 79.7 cm³/mol. The monoisotopic (exact) mass is 268 g/mol. The molecular formula is C17H20N2O. The molecule has 0 spiro atoms. The highest BCUT2D eigenvalue weighted by Crippen LogP contribution is 2.40. The molecule has 2 aromatic rings. The highest BCUT2D eigenvalue weighted by Gasteiger charge is 2.32. The quantitative estimate of drug-likeness (QED) is 0.912. The molecule has 1 saturated carbocycles. The number of para-hydroxylation sites is 1. The highest BCUT2D eigenvalue weighted by atomic mass is 16.2. The van der Waals surface area contributed by atoms with Crippen LogP contribution in [0.15, 0.2) is 24.3 Å². The second kappa shape index (κ2) is 4.37. The van der Waals surface area contributed by atoms with Crippen molar-refractivity contribution in [1.29, 1.82) is 0 Å². The van der Waals surface area contributed by atoms with Crippen LogP contribution in [0.5, 0.6) is 0 Å². The van der Waals surface area contributed by atoms with Crippen molar-refractivity contribution in [1.82, 2.24) is 9.88 Å². The summed E-state index contributed by atoms with van der Waals surface area (Å²) in [7, 11) is 2.16. The van der Waals surface area contributed by atoms with Crippen molar-refractivity contribution < 1.29 is 4.79 Å². The Morgan fingerprint density at radius 1 is 1.30 bits per heavy atom. The molecule has 0 bridgehead atoms. The molecule has 1 heterocycles. The third-order valence-corrected chi connectivity index (χ3v) is 4.88. The van der Waals surface area contributed by atoms with Crippen LogP contribution in [0.1, 0.15) is 36.4 Å². The normalized spacial score (nSPS) is 21.1. The first-order chi connectivity index (χ1) is 9.75. The van der Waals surface area contributed by atoms with Gasteiger partial charge in [-0.2, -0.15) is 0 Å². The Hall–Kier alpha value is -1.77. The van der Waals surface area contributed by atoms with E-state index in [2.05, 4.69) is 41.2 Å². The van der Waals surface area contributed by atoms with E-state index in [0.717, 1.165) is 32.2 Å². The number of aryl methyl sites for hydroxylation is 1. The molecule has 104 valence electrons. The minimum Gasteiger partial charge on any atom is -0.355 e. The molecule has 0 radical (unpaired) electrons. The maximum absolute atomic E-state index is 11.8. The number of amides is 1. The van der Waals surface area contributed by atoms with E-state index in [9.17, 15) is 4.79 Å². The van der Waals surface area contributed by atoms with E-state index in [0.29, 0.717) is 11.8 Å². The Labute approximate surface area is 119 Å². The Balaban J connectivity index is 1.63. The van der Waals surface area contributed by atoms with E-state index < -0.39 is 0 Å². The number of aromatic nitrogens is 1. The van der Waals surface area contributed by atoms with Crippen LogP contribution < -0.4 is 5.32 Å². The van der Waals surface area contributed by atoms with Gasteiger partial charge in [-0.1, -0.05) is 18.2 Å². The summed E-state index contributed by atoms with van der Waals surface area (Å²) in [5.74, 6) is 1.06. The van der Waals surface area contributed by atoms with Crippen molar-refractivity contribution in [2.24, 2.45) is 13.0 Å². The minimum absolute atomic E-state index is 0.263. The van der Waals surface area contributed by atoms with Gasteiger partial charge < -0.3 is 9.88 Å². The largest absolute Gasteiger partial charge is 0.355 e. The van der Waals surface area contributed by atoms with E-state index in [1.54, 1.807) is 0 Å². The number of rotatable bonds is 3. The van der Waals surface area contributed by atoms with Crippen LogP contribution in [0.4, 0.5) is 0 Å². The minimum atomic E-state index is 0.263. The van der Waals surface area contributed by atoms with Crippen LogP contribution in [-0.2, 0) is 18.3 Å². The molecule has 0 aliphatic heterocycles. The number of carbonyl (C=O) groups excluding carboxylic acids is 1. The lowest BCUT2D eigenvalue weighted by atomic mass is 10.00. The Morgan fingerprint density at radius 2 is 2.10 bits per heavy atom. The van der Waals surface area contributed by atoms with Gasteiger partial charge in [0.15, 0.2) is 0 Å². The van der Waals surface area contributed by atoms with Gasteiger partial charge in [-0.25, -0.2) is 0 Å². The lowest BCUT2D eigenvalue weighted by Crippen LogP contribution is -2.28. The van der Waals surface area contributed by atoms with Crippen LogP contribution >= 0.6 is 0 Å². The second-order valence-corrected chi connectivity index (χ2v) is 6.19. The van der Waals surface area contributed by atoms with Crippen LogP contribution in [0.3, 0.4) is 0 Å². The first-order valence-corrected chi connectivity index (χ1v) is 7.59. The van der Waals surface area contributed by atoms with Crippen molar-refractivity contribution in [2.75, 3.05) is 6.54 Å². The van der Waals surface area contributed by atoms with E-state index in [4.69, 9.17) is 0 Å². The van der Waals surface area contributed by atoms with Gasteiger partial charge in [-0.3, -0.25) is 4.79 Å². The standard InChI is InChI=1S/C17H20N2O/c1-19-14-5-3-2-4-13(14)16-12(8-9-15(16)19)10-18-17(20)11-6-7-11/h2-5,11-12H,6-10H2,1H3,(H,18,20). The van der Waals surface area contributed by atoms with E-state index in [1.165, 1.54) is 22.2 Å². The molecule has 2 aliphatic carbocycles. The van der Waals surface area contributed by atoms with E-state index >= 15 is 0 Å². The molecule has 1 unspecified atom stereocenters. The van der Waals surface area contributed by atoms with Gasteiger partial charge in [0.05, 0.1) is 0 Å². The molecule has 1 N–H and O–H groups in total. The molecular weight excluding hydrogens is 248 g/mol. The molecule has 1 aromatic carbocycles. The number of hydrogen-bond acceptors (Lipinski definition) is 1. The summed E-state index contributed by atoms with van der Waals surface area (Å²) in [5, 5.41) is 4.52. The van der Waals surface area contributed by atoms with Gasteiger partial charge in [-0.15, -0.1) is 0 Å². The van der Waals surface area contributed by atoms with Crippen molar-refractivity contribution in [3.8, 4) is 0 Å². The second-order valence-electron chi connectivity index (χ2n) is 6.19. The zero-order valence-electron chi connectivity index (χ0n) is 11.9. The maximum Gasteiger partial charge on any atom is 0.223 e. The van der Waals surface area contributed by atoms with Crippen molar-refractivity contribution in [2.45, 2.75) is 31.6 Å². The number of hydrogen-bond donors (Lipinski definition) is 1. The first kappa shape index (κ1) is 12.0. The molecule has 3 nitrogen and oxygen atoms in total. The van der Waals surface area contributed by atoms with Gasteiger partial charge in [-0.05, 0) is 37.3 Å². The van der Waals surface area contributed by atoms with E-state index in [1.807, 2.05) is 0 Å². The number of fused-ring (bicyclic) bond motifs is 3. The van der Waals surface area contributed by atoms with E-state index in [-0.39, 0.29) is 5.91 Å². The summed E-state index contributed by atoms with van der Waals surface area (Å²) >= 11 is 0. The number of carbonyl (C=O) groups is 1. The molecule has 0 saturated heterocycles. The van der Waals surface area contributed by atoms with Gasteiger partial charge in [0.2, 0.25) is 5.91 Å². The molecule has 1 aromatic heterocycles. The highest BCUT2D eigenvalue weighted by molar-refractivity contribution is 5.87. The van der Waals surface area contributed by atoms with Gasteiger partial charge in [0.1, 0.15) is 0 Å². The summed E-state index contributed by atoms with van der Waals surface area (Å²) in [5.41, 5.74) is 4.24.